The monoisotopic (exact) mass is 300 g/mol. The van der Waals surface area contributed by atoms with Crippen LogP contribution in [-0.4, -0.2) is 23.1 Å². The minimum Gasteiger partial charge on any atom is -0.483 e. The van der Waals surface area contributed by atoms with E-state index in [-0.39, 0.29) is 24.1 Å². The Morgan fingerprint density at radius 1 is 1.36 bits per heavy atom. The number of hydrogen-bond donors (Lipinski definition) is 1. The second-order valence-corrected chi connectivity index (χ2v) is 5.29. The Morgan fingerprint density at radius 3 is 2.82 bits per heavy atom. The molecule has 1 N–H and O–H groups in total. The van der Waals surface area contributed by atoms with Crippen LogP contribution in [0, 0.1) is 0 Å². The zero-order valence-electron chi connectivity index (χ0n) is 12.8. The molecule has 0 radical (unpaired) electrons. The lowest BCUT2D eigenvalue weighted by molar-refractivity contribution is -0.123. The largest absolute Gasteiger partial charge is 0.483 e. The molecule has 5 heteroatoms. The summed E-state index contributed by atoms with van der Waals surface area (Å²) < 4.78 is 7.13. The van der Waals surface area contributed by atoms with Crippen LogP contribution in [0.3, 0.4) is 0 Å². The molecule has 1 heterocycles. The molecule has 1 amide bonds. The van der Waals surface area contributed by atoms with Crippen LogP contribution in [0.15, 0.2) is 47.9 Å². The molecule has 1 aromatic heterocycles. The van der Waals surface area contributed by atoms with Crippen molar-refractivity contribution in [1.29, 1.82) is 0 Å². The summed E-state index contributed by atoms with van der Waals surface area (Å²) in [5.74, 6) is 0.339. The maximum Gasteiger partial charge on any atom is 0.258 e. The molecule has 0 aliphatic rings. The summed E-state index contributed by atoms with van der Waals surface area (Å²) in [6, 6.07) is 7.13. The molecule has 0 saturated heterocycles. The standard InChI is InChI=1S/C17H20N2O3/c1-4-9-19-10-8-13-14(17(19)21)6-5-7-15(13)22-11-16(20)18-12(2)3/h4-8,10,12H,1,9,11H2,2-3H3,(H,18,20). The minimum atomic E-state index is -0.188. The minimum absolute atomic E-state index is 0.0646. The Labute approximate surface area is 129 Å². The molecular formula is C17H20N2O3. The number of pyridine rings is 1. The third kappa shape index (κ3) is 3.55. The zero-order valence-corrected chi connectivity index (χ0v) is 12.8. The summed E-state index contributed by atoms with van der Waals surface area (Å²) in [5.41, 5.74) is -0.102. The first-order valence-electron chi connectivity index (χ1n) is 7.18. The Kier molecular flexibility index (Phi) is 4.99. The van der Waals surface area contributed by atoms with Crippen molar-refractivity contribution < 1.29 is 9.53 Å². The van der Waals surface area contributed by atoms with Gasteiger partial charge in [-0.2, -0.15) is 0 Å². The molecule has 0 saturated carbocycles. The van der Waals surface area contributed by atoms with Crippen molar-refractivity contribution in [3.8, 4) is 5.75 Å². The van der Waals surface area contributed by atoms with Crippen molar-refractivity contribution >= 4 is 16.7 Å². The Bertz CT molecular complexity index is 747. The van der Waals surface area contributed by atoms with E-state index in [0.29, 0.717) is 23.1 Å². The highest BCUT2D eigenvalue weighted by molar-refractivity contribution is 5.88. The lowest BCUT2D eigenvalue weighted by atomic mass is 10.1. The smallest absolute Gasteiger partial charge is 0.258 e. The number of amides is 1. The number of rotatable bonds is 6. The topological polar surface area (TPSA) is 60.3 Å². The fourth-order valence-corrected chi connectivity index (χ4v) is 2.21. The Hall–Kier alpha value is -2.56. The summed E-state index contributed by atoms with van der Waals surface area (Å²) >= 11 is 0. The molecule has 1 aromatic carbocycles. The van der Waals surface area contributed by atoms with Crippen LogP contribution in [0.25, 0.3) is 10.8 Å². The van der Waals surface area contributed by atoms with Gasteiger partial charge in [0.05, 0.1) is 5.39 Å². The van der Waals surface area contributed by atoms with Crippen LogP contribution in [0.2, 0.25) is 0 Å². The number of fused-ring (bicyclic) bond motifs is 1. The van der Waals surface area contributed by atoms with Crippen LogP contribution in [0.5, 0.6) is 5.75 Å². The number of ether oxygens (including phenoxy) is 1. The molecule has 0 unspecified atom stereocenters. The van der Waals surface area contributed by atoms with Crippen molar-refractivity contribution in [3.63, 3.8) is 0 Å². The molecule has 5 nitrogen and oxygen atoms in total. The number of nitrogens with zero attached hydrogens (tertiary/aromatic N) is 1. The first-order valence-corrected chi connectivity index (χ1v) is 7.18. The van der Waals surface area contributed by atoms with E-state index in [4.69, 9.17) is 4.74 Å². The highest BCUT2D eigenvalue weighted by atomic mass is 16.5. The van der Waals surface area contributed by atoms with Gasteiger partial charge in [0.1, 0.15) is 5.75 Å². The van der Waals surface area contributed by atoms with E-state index >= 15 is 0 Å². The third-order valence-electron chi connectivity index (χ3n) is 3.11. The third-order valence-corrected chi connectivity index (χ3v) is 3.11. The fraction of sp³-hybridized carbons (Fsp3) is 0.294. The second-order valence-electron chi connectivity index (χ2n) is 5.29. The van der Waals surface area contributed by atoms with Crippen molar-refractivity contribution in [2.24, 2.45) is 0 Å². The predicted molar refractivity (Wildman–Crippen MR) is 87.2 cm³/mol. The first kappa shape index (κ1) is 15.8. The van der Waals surface area contributed by atoms with Gasteiger partial charge in [-0.25, -0.2) is 0 Å². The molecule has 0 fully saturated rings. The van der Waals surface area contributed by atoms with Gasteiger partial charge in [0.2, 0.25) is 0 Å². The van der Waals surface area contributed by atoms with Crippen molar-refractivity contribution in [2.75, 3.05) is 6.61 Å². The fourth-order valence-electron chi connectivity index (χ4n) is 2.21. The van der Waals surface area contributed by atoms with E-state index in [9.17, 15) is 9.59 Å². The second kappa shape index (κ2) is 6.93. The summed E-state index contributed by atoms with van der Waals surface area (Å²) in [7, 11) is 0. The number of hydrogen-bond acceptors (Lipinski definition) is 3. The highest BCUT2D eigenvalue weighted by Gasteiger charge is 2.09. The van der Waals surface area contributed by atoms with Crippen LogP contribution in [-0.2, 0) is 11.3 Å². The van der Waals surface area contributed by atoms with Gasteiger partial charge in [0, 0.05) is 24.2 Å². The van der Waals surface area contributed by atoms with E-state index in [1.54, 1.807) is 35.0 Å². The van der Waals surface area contributed by atoms with Crippen molar-refractivity contribution in [1.82, 2.24) is 9.88 Å². The Balaban J connectivity index is 2.28. The Morgan fingerprint density at radius 2 is 2.14 bits per heavy atom. The molecule has 0 aliphatic heterocycles. The van der Waals surface area contributed by atoms with Gasteiger partial charge >= 0.3 is 0 Å². The van der Waals surface area contributed by atoms with Gasteiger partial charge in [-0.3, -0.25) is 9.59 Å². The van der Waals surface area contributed by atoms with E-state index in [2.05, 4.69) is 11.9 Å². The number of benzene rings is 1. The number of allylic oxidation sites excluding steroid dienone is 1. The molecule has 22 heavy (non-hydrogen) atoms. The van der Waals surface area contributed by atoms with Gasteiger partial charge < -0.3 is 14.6 Å². The van der Waals surface area contributed by atoms with E-state index in [0.717, 1.165) is 0 Å². The lowest BCUT2D eigenvalue weighted by Gasteiger charge is -2.12. The molecule has 0 spiro atoms. The van der Waals surface area contributed by atoms with Crippen LogP contribution < -0.4 is 15.6 Å². The van der Waals surface area contributed by atoms with Gasteiger partial charge in [0.25, 0.3) is 11.5 Å². The number of carbonyl (C=O) groups is 1. The highest BCUT2D eigenvalue weighted by Crippen LogP contribution is 2.23. The summed E-state index contributed by atoms with van der Waals surface area (Å²) in [4.78, 5) is 24.0. The maximum absolute atomic E-state index is 12.3. The quantitative estimate of drug-likeness (QED) is 0.831. The van der Waals surface area contributed by atoms with Gasteiger partial charge in [-0.1, -0.05) is 12.1 Å². The SMILES string of the molecule is C=CCn1ccc2c(OCC(=O)NC(C)C)cccc2c1=O. The van der Waals surface area contributed by atoms with E-state index in [1.807, 2.05) is 19.9 Å². The summed E-state index contributed by atoms with van der Waals surface area (Å²) in [5, 5.41) is 4.02. The van der Waals surface area contributed by atoms with Gasteiger partial charge in [0.15, 0.2) is 6.61 Å². The normalized spacial score (nSPS) is 10.7. The van der Waals surface area contributed by atoms with Crippen molar-refractivity contribution in [2.45, 2.75) is 26.4 Å². The van der Waals surface area contributed by atoms with Gasteiger partial charge in [-0.15, -0.1) is 6.58 Å². The zero-order chi connectivity index (χ0) is 16.1. The maximum atomic E-state index is 12.3. The number of carbonyl (C=O) groups excluding carboxylic acids is 1. The average Bonchev–Trinajstić information content (AvgIpc) is 2.47. The molecule has 116 valence electrons. The van der Waals surface area contributed by atoms with Crippen LogP contribution >= 0.6 is 0 Å². The number of aromatic nitrogens is 1. The number of nitrogens with one attached hydrogen (secondary N) is 1. The molecule has 0 bridgehead atoms. The van der Waals surface area contributed by atoms with Crippen LogP contribution in [0.1, 0.15) is 13.8 Å². The molecule has 0 aliphatic carbocycles. The molecule has 0 atom stereocenters. The molecular weight excluding hydrogens is 280 g/mol. The van der Waals surface area contributed by atoms with Crippen molar-refractivity contribution in [3.05, 3.63) is 53.5 Å². The average molecular weight is 300 g/mol. The lowest BCUT2D eigenvalue weighted by Crippen LogP contribution is -2.34. The predicted octanol–water partition coefficient (Wildman–Crippen LogP) is 2.09. The van der Waals surface area contributed by atoms with E-state index < -0.39 is 0 Å². The van der Waals surface area contributed by atoms with E-state index in [1.165, 1.54) is 0 Å². The van der Waals surface area contributed by atoms with Crippen LogP contribution in [0.4, 0.5) is 0 Å². The molecule has 2 rings (SSSR count). The first-order chi connectivity index (χ1) is 10.5. The summed E-state index contributed by atoms with van der Waals surface area (Å²) in [6.07, 6.45) is 3.37. The summed E-state index contributed by atoms with van der Waals surface area (Å²) in [6.45, 7) is 7.79. The molecule has 2 aromatic rings. The van der Waals surface area contributed by atoms with Gasteiger partial charge in [-0.05, 0) is 32.0 Å².